The topological polar surface area (TPSA) is 32.3 Å². The monoisotopic (exact) mass is 221 g/mol. The molecule has 2 nitrogen and oxygen atoms in total. The first kappa shape index (κ1) is 11.7. The zero-order valence-corrected chi connectivity index (χ0v) is 9.79. The molecule has 2 unspecified atom stereocenters. The van der Waals surface area contributed by atoms with Crippen molar-refractivity contribution in [3.05, 3.63) is 0 Å². The average molecular weight is 221 g/mol. The Balaban J connectivity index is 2.13. The summed E-state index contributed by atoms with van der Waals surface area (Å²) < 4.78 is 0. The van der Waals surface area contributed by atoms with E-state index in [1.54, 1.807) is 0 Å². The molecule has 0 spiro atoms. The number of aliphatic hydroxyl groups excluding tert-OH is 1. The Morgan fingerprint density at radius 1 is 1.69 bits per heavy atom. The zero-order valence-electron chi connectivity index (χ0n) is 8.16. The maximum absolute atomic E-state index is 9.13. The van der Waals surface area contributed by atoms with Crippen LogP contribution < -0.4 is 5.32 Å². The Bertz CT molecular complexity index is 129. The van der Waals surface area contributed by atoms with E-state index in [1.807, 2.05) is 23.5 Å². The van der Waals surface area contributed by atoms with Crippen LogP contribution in [0.3, 0.4) is 0 Å². The third-order valence-corrected chi connectivity index (χ3v) is 4.10. The van der Waals surface area contributed by atoms with Crippen LogP contribution in [0.4, 0.5) is 0 Å². The average Bonchev–Trinajstić information content (AvgIpc) is 2.64. The van der Waals surface area contributed by atoms with Crippen molar-refractivity contribution in [1.82, 2.24) is 5.32 Å². The number of thioether (sulfide) groups is 2. The third-order valence-electron chi connectivity index (χ3n) is 2.29. The van der Waals surface area contributed by atoms with E-state index >= 15 is 0 Å². The molecule has 1 saturated heterocycles. The fraction of sp³-hybridized carbons (Fsp3) is 1.00. The van der Waals surface area contributed by atoms with Gasteiger partial charge in [0.2, 0.25) is 0 Å². The van der Waals surface area contributed by atoms with Crippen LogP contribution in [0.25, 0.3) is 0 Å². The van der Waals surface area contributed by atoms with Gasteiger partial charge in [0.05, 0.1) is 6.61 Å². The Labute approximate surface area is 89.2 Å². The molecule has 0 amide bonds. The molecule has 13 heavy (non-hydrogen) atoms. The summed E-state index contributed by atoms with van der Waals surface area (Å²) in [5, 5.41) is 12.7. The van der Waals surface area contributed by atoms with Crippen molar-refractivity contribution in [2.24, 2.45) is 0 Å². The number of hydrogen-bond donors (Lipinski definition) is 2. The molecule has 1 rings (SSSR count). The maximum atomic E-state index is 9.13. The summed E-state index contributed by atoms with van der Waals surface area (Å²) in [5.41, 5.74) is 0. The van der Waals surface area contributed by atoms with E-state index in [2.05, 4.69) is 11.6 Å². The highest BCUT2D eigenvalue weighted by atomic mass is 32.2. The van der Waals surface area contributed by atoms with Crippen LogP contribution in [0.2, 0.25) is 0 Å². The van der Waals surface area contributed by atoms with Crippen molar-refractivity contribution >= 4 is 23.5 Å². The van der Waals surface area contributed by atoms with Gasteiger partial charge in [0.25, 0.3) is 0 Å². The maximum Gasteiger partial charge on any atom is 0.0585 e. The summed E-state index contributed by atoms with van der Waals surface area (Å²) in [7, 11) is 0. The van der Waals surface area contributed by atoms with Crippen molar-refractivity contribution in [2.75, 3.05) is 30.1 Å². The van der Waals surface area contributed by atoms with Crippen LogP contribution in [0.1, 0.15) is 12.8 Å². The first-order valence-corrected chi connectivity index (χ1v) is 7.35. The van der Waals surface area contributed by atoms with Crippen LogP contribution >= 0.6 is 23.5 Å². The standard InChI is InChI=1S/C9H19NOS2/c1-12-4-2-8(6-11)10-9-3-5-13-7-9/h8-11H,2-7H2,1H3. The van der Waals surface area contributed by atoms with Gasteiger partial charge in [-0.2, -0.15) is 23.5 Å². The van der Waals surface area contributed by atoms with Crippen molar-refractivity contribution in [3.63, 3.8) is 0 Å². The smallest absolute Gasteiger partial charge is 0.0585 e. The molecular formula is C9H19NOS2. The molecule has 0 aromatic rings. The molecule has 1 aliphatic rings. The third kappa shape index (κ3) is 4.58. The van der Waals surface area contributed by atoms with Crippen LogP contribution in [-0.4, -0.2) is 47.3 Å². The molecule has 1 aliphatic heterocycles. The van der Waals surface area contributed by atoms with E-state index in [-0.39, 0.29) is 6.61 Å². The molecule has 2 atom stereocenters. The summed E-state index contributed by atoms with van der Waals surface area (Å²) in [4.78, 5) is 0. The molecule has 0 radical (unpaired) electrons. The molecule has 4 heteroatoms. The van der Waals surface area contributed by atoms with Gasteiger partial charge in [0, 0.05) is 17.8 Å². The van der Waals surface area contributed by atoms with Gasteiger partial charge in [0.15, 0.2) is 0 Å². The van der Waals surface area contributed by atoms with Crippen molar-refractivity contribution < 1.29 is 5.11 Å². The van der Waals surface area contributed by atoms with Gasteiger partial charge < -0.3 is 10.4 Å². The van der Waals surface area contributed by atoms with Gasteiger partial charge in [0.1, 0.15) is 0 Å². The van der Waals surface area contributed by atoms with E-state index in [0.29, 0.717) is 12.1 Å². The van der Waals surface area contributed by atoms with Crippen LogP contribution in [0.5, 0.6) is 0 Å². The normalized spacial score (nSPS) is 24.9. The van der Waals surface area contributed by atoms with E-state index in [9.17, 15) is 0 Å². The van der Waals surface area contributed by atoms with Gasteiger partial charge in [-0.15, -0.1) is 0 Å². The quantitative estimate of drug-likeness (QED) is 0.706. The van der Waals surface area contributed by atoms with E-state index in [4.69, 9.17) is 5.11 Å². The molecule has 1 fully saturated rings. The molecule has 0 aromatic heterocycles. The Kier molecular flexibility index (Phi) is 6.28. The first-order valence-electron chi connectivity index (χ1n) is 4.80. The lowest BCUT2D eigenvalue weighted by Gasteiger charge is -2.20. The molecule has 0 aromatic carbocycles. The van der Waals surface area contributed by atoms with Crippen LogP contribution in [0, 0.1) is 0 Å². The van der Waals surface area contributed by atoms with Crippen molar-refractivity contribution in [3.8, 4) is 0 Å². The second-order valence-corrected chi connectivity index (χ2v) is 5.52. The lowest BCUT2D eigenvalue weighted by Crippen LogP contribution is -2.40. The number of nitrogens with one attached hydrogen (secondary N) is 1. The summed E-state index contributed by atoms with van der Waals surface area (Å²) in [6.07, 6.45) is 4.46. The van der Waals surface area contributed by atoms with Crippen LogP contribution in [0.15, 0.2) is 0 Å². The largest absolute Gasteiger partial charge is 0.395 e. The summed E-state index contributed by atoms with van der Waals surface area (Å²) in [5.74, 6) is 3.63. The fourth-order valence-electron chi connectivity index (χ4n) is 1.49. The molecule has 1 heterocycles. The predicted molar refractivity (Wildman–Crippen MR) is 62.7 cm³/mol. The van der Waals surface area contributed by atoms with Gasteiger partial charge in [-0.05, 0) is 30.6 Å². The lowest BCUT2D eigenvalue weighted by molar-refractivity contribution is 0.231. The van der Waals surface area contributed by atoms with E-state index in [1.165, 1.54) is 17.9 Å². The second-order valence-electron chi connectivity index (χ2n) is 3.39. The highest BCUT2D eigenvalue weighted by molar-refractivity contribution is 7.99. The van der Waals surface area contributed by atoms with Gasteiger partial charge in [-0.1, -0.05) is 0 Å². The molecule has 0 bridgehead atoms. The number of hydrogen-bond acceptors (Lipinski definition) is 4. The summed E-state index contributed by atoms with van der Waals surface area (Å²) >= 11 is 3.86. The molecule has 78 valence electrons. The van der Waals surface area contributed by atoms with Crippen molar-refractivity contribution in [2.45, 2.75) is 24.9 Å². The summed E-state index contributed by atoms with van der Waals surface area (Å²) in [6, 6.07) is 0.958. The second kappa shape index (κ2) is 6.98. The van der Waals surface area contributed by atoms with Gasteiger partial charge in [-0.25, -0.2) is 0 Å². The number of rotatable bonds is 6. The lowest BCUT2D eigenvalue weighted by atomic mass is 10.2. The number of aliphatic hydroxyl groups is 1. The Morgan fingerprint density at radius 3 is 3.08 bits per heavy atom. The van der Waals surface area contributed by atoms with Crippen molar-refractivity contribution in [1.29, 1.82) is 0 Å². The Morgan fingerprint density at radius 2 is 2.54 bits per heavy atom. The zero-order chi connectivity index (χ0) is 9.52. The highest BCUT2D eigenvalue weighted by Crippen LogP contribution is 2.17. The fourth-order valence-corrected chi connectivity index (χ4v) is 3.17. The molecule has 0 saturated carbocycles. The summed E-state index contributed by atoms with van der Waals surface area (Å²) in [6.45, 7) is 0.279. The minimum atomic E-state index is 0.279. The Hall–Kier alpha value is 0.620. The minimum Gasteiger partial charge on any atom is -0.395 e. The molecule has 0 aliphatic carbocycles. The van der Waals surface area contributed by atoms with E-state index in [0.717, 1.165) is 12.2 Å². The highest BCUT2D eigenvalue weighted by Gasteiger charge is 2.18. The van der Waals surface area contributed by atoms with Gasteiger partial charge in [-0.3, -0.25) is 0 Å². The predicted octanol–water partition coefficient (Wildman–Crippen LogP) is 1.20. The SMILES string of the molecule is CSCCC(CO)NC1CCSC1. The van der Waals surface area contributed by atoms with Crippen LogP contribution in [-0.2, 0) is 0 Å². The van der Waals surface area contributed by atoms with Gasteiger partial charge >= 0.3 is 0 Å². The van der Waals surface area contributed by atoms with E-state index < -0.39 is 0 Å². The molecule has 2 N–H and O–H groups in total. The minimum absolute atomic E-state index is 0.279. The first-order chi connectivity index (χ1) is 6.36. The molecular weight excluding hydrogens is 202 g/mol.